The maximum Gasteiger partial charge on any atom is 0.221 e. The van der Waals surface area contributed by atoms with Crippen LogP contribution in [-0.4, -0.2) is 39.1 Å². The van der Waals surface area contributed by atoms with E-state index in [9.17, 15) is 4.79 Å². The second-order valence-corrected chi connectivity index (χ2v) is 3.60. The molecule has 1 saturated heterocycles. The lowest BCUT2D eigenvalue weighted by Crippen LogP contribution is -2.32. The molecule has 0 saturated carbocycles. The third-order valence-corrected chi connectivity index (χ3v) is 2.42. The van der Waals surface area contributed by atoms with Gasteiger partial charge in [0.2, 0.25) is 5.91 Å². The van der Waals surface area contributed by atoms with Gasteiger partial charge in [-0.05, 0) is 12.8 Å². The number of aromatic amines is 1. The fourth-order valence-electron chi connectivity index (χ4n) is 1.64. The first-order chi connectivity index (χ1) is 7.34. The first kappa shape index (κ1) is 10.0. The van der Waals surface area contributed by atoms with Gasteiger partial charge in [0, 0.05) is 19.0 Å². The first-order valence-electron chi connectivity index (χ1n) is 5.07. The fourth-order valence-corrected chi connectivity index (χ4v) is 1.64. The molecule has 7 heteroatoms. The second-order valence-electron chi connectivity index (χ2n) is 3.60. The lowest BCUT2D eigenvalue weighted by Gasteiger charge is -2.12. The third-order valence-electron chi connectivity index (χ3n) is 2.42. The van der Waals surface area contributed by atoms with Gasteiger partial charge >= 0.3 is 0 Å². The summed E-state index contributed by atoms with van der Waals surface area (Å²) in [5.74, 6) is 0.734. The number of hydrogen-bond acceptors (Lipinski definition) is 5. The van der Waals surface area contributed by atoms with Crippen LogP contribution in [0.15, 0.2) is 0 Å². The molecule has 1 aromatic rings. The Bertz CT molecular complexity index is 311. The van der Waals surface area contributed by atoms with E-state index < -0.39 is 0 Å². The van der Waals surface area contributed by atoms with Crippen LogP contribution in [0.4, 0.5) is 0 Å². The van der Waals surface area contributed by atoms with Crippen LogP contribution in [0.1, 0.15) is 25.1 Å². The molecule has 7 nitrogen and oxygen atoms in total. The Morgan fingerprint density at radius 3 is 3.27 bits per heavy atom. The zero-order valence-corrected chi connectivity index (χ0v) is 8.36. The number of rotatable bonds is 3. The molecule has 82 valence electrons. The fraction of sp³-hybridized carbons (Fsp3) is 0.750. The summed E-state index contributed by atoms with van der Waals surface area (Å²) in [5.41, 5.74) is 0. The van der Waals surface area contributed by atoms with Crippen LogP contribution in [0.25, 0.3) is 0 Å². The number of carbonyl (C=O) groups excluding carboxylic acids is 1. The van der Waals surface area contributed by atoms with E-state index in [0.717, 1.165) is 19.4 Å². The molecular weight excluding hydrogens is 196 g/mol. The van der Waals surface area contributed by atoms with Crippen molar-refractivity contribution in [2.24, 2.45) is 0 Å². The average molecular weight is 210 g/mol. The van der Waals surface area contributed by atoms with Gasteiger partial charge in [-0.2, -0.15) is 5.21 Å². The number of aromatic nitrogens is 4. The van der Waals surface area contributed by atoms with E-state index in [0.29, 0.717) is 18.8 Å². The largest absolute Gasteiger partial charge is 0.356 e. The molecule has 0 aromatic carbocycles. The van der Waals surface area contributed by atoms with Crippen LogP contribution in [0.2, 0.25) is 0 Å². The minimum atomic E-state index is 0.109. The number of carbonyl (C=O) groups is 1. The van der Waals surface area contributed by atoms with Gasteiger partial charge < -0.3 is 10.6 Å². The summed E-state index contributed by atoms with van der Waals surface area (Å²) >= 11 is 0. The van der Waals surface area contributed by atoms with Gasteiger partial charge in [-0.25, -0.2) is 0 Å². The molecule has 15 heavy (non-hydrogen) atoms. The van der Waals surface area contributed by atoms with Gasteiger partial charge in [0.1, 0.15) is 0 Å². The van der Waals surface area contributed by atoms with Gasteiger partial charge in [-0.15, -0.1) is 10.2 Å². The van der Waals surface area contributed by atoms with Crippen molar-refractivity contribution in [2.75, 3.05) is 6.54 Å². The number of nitrogens with zero attached hydrogens (tertiary/aromatic N) is 3. The maximum atomic E-state index is 11.3. The van der Waals surface area contributed by atoms with E-state index in [1.807, 2.05) is 0 Å². The van der Waals surface area contributed by atoms with Gasteiger partial charge in [0.05, 0.1) is 6.54 Å². The summed E-state index contributed by atoms with van der Waals surface area (Å²) in [7, 11) is 0. The minimum Gasteiger partial charge on any atom is -0.356 e. The zero-order chi connectivity index (χ0) is 10.5. The molecular formula is C8H14N6O. The predicted octanol–water partition coefficient (Wildman–Crippen LogP) is -1.04. The van der Waals surface area contributed by atoms with Crippen LogP contribution in [0.5, 0.6) is 0 Å². The lowest BCUT2D eigenvalue weighted by molar-refractivity contribution is -0.121. The van der Waals surface area contributed by atoms with Gasteiger partial charge in [-0.1, -0.05) is 5.21 Å². The average Bonchev–Trinajstić information content (AvgIpc) is 2.65. The number of H-pyrrole nitrogens is 1. The molecule has 0 bridgehead atoms. The number of hydrogen-bond donors (Lipinski definition) is 3. The highest BCUT2D eigenvalue weighted by atomic mass is 16.1. The molecule has 1 aromatic heterocycles. The number of tetrazole rings is 1. The summed E-state index contributed by atoms with van der Waals surface area (Å²) in [6, 6.07) is 0.214. The van der Waals surface area contributed by atoms with Crippen LogP contribution in [-0.2, 0) is 11.3 Å². The first-order valence-corrected chi connectivity index (χ1v) is 5.07. The highest BCUT2D eigenvalue weighted by Crippen LogP contribution is 2.06. The zero-order valence-electron chi connectivity index (χ0n) is 8.36. The molecule has 1 aliphatic rings. The van der Waals surface area contributed by atoms with Crippen LogP contribution >= 0.6 is 0 Å². The molecule has 1 atom stereocenters. The minimum absolute atomic E-state index is 0.109. The van der Waals surface area contributed by atoms with E-state index in [-0.39, 0.29) is 11.9 Å². The molecule has 1 unspecified atom stereocenters. The third kappa shape index (κ3) is 2.98. The summed E-state index contributed by atoms with van der Waals surface area (Å²) < 4.78 is 0. The van der Waals surface area contributed by atoms with Crippen molar-refractivity contribution in [2.45, 2.75) is 31.8 Å². The second kappa shape index (κ2) is 4.83. The van der Waals surface area contributed by atoms with Gasteiger partial charge in [0.25, 0.3) is 0 Å². The lowest BCUT2D eigenvalue weighted by atomic mass is 10.1. The number of nitrogens with one attached hydrogen (secondary N) is 3. The molecule has 0 aliphatic carbocycles. The van der Waals surface area contributed by atoms with Crippen molar-refractivity contribution in [3.63, 3.8) is 0 Å². The SMILES string of the molecule is O=C1CC(NCc2nn[nH]n2)CCCN1. The Morgan fingerprint density at radius 2 is 2.47 bits per heavy atom. The highest BCUT2D eigenvalue weighted by Gasteiger charge is 2.16. The van der Waals surface area contributed by atoms with Crippen LogP contribution < -0.4 is 10.6 Å². The standard InChI is InChI=1S/C8H14N6O/c15-8-4-6(2-1-3-9-8)10-5-7-11-13-14-12-7/h6,10H,1-5H2,(H,9,15)(H,11,12,13,14). The van der Waals surface area contributed by atoms with E-state index in [4.69, 9.17) is 0 Å². The topological polar surface area (TPSA) is 95.6 Å². The Labute approximate surface area is 87.0 Å². The van der Waals surface area contributed by atoms with Crippen molar-refractivity contribution in [3.05, 3.63) is 5.82 Å². The van der Waals surface area contributed by atoms with E-state index >= 15 is 0 Å². The van der Waals surface area contributed by atoms with Crippen LogP contribution in [0.3, 0.4) is 0 Å². The summed E-state index contributed by atoms with van der Waals surface area (Å²) in [5, 5.41) is 19.6. The Hall–Kier alpha value is -1.50. The molecule has 3 N–H and O–H groups in total. The van der Waals surface area contributed by atoms with E-state index in [2.05, 4.69) is 31.3 Å². The van der Waals surface area contributed by atoms with E-state index in [1.165, 1.54) is 0 Å². The Balaban J connectivity index is 1.80. The van der Waals surface area contributed by atoms with Crippen molar-refractivity contribution in [1.82, 2.24) is 31.3 Å². The molecule has 2 rings (SSSR count). The highest BCUT2D eigenvalue weighted by molar-refractivity contribution is 5.76. The van der Waals surface area contributed by atoms with Crippen molar-refractivity contribution < 1.29 is 4.79 Å². The Kier molecular flexibility index (Phi) is 3.23. The Morgan fingerprint density at radius 1 is 1.53 bits per heavy atom. The molecule has 1 amide bonds. The quantitative estimate of drug-likeness (QED) is 0.592. The predicted molar refractivity (Wildman–Crippen MR) is 51.7 cm³/mol. The molecule has 1 aliphatic heterocycles. The van der Waals surface area contributed by atoms with Gasteiger partial charge in [-0.3, -0.25) is 4.79 Å². The van der Waals surface area contributed by atoms with Gasteiger partial charge in [0.15, 0.2) is 5.82 Å². The monoisotopic (exact) mass is 210 g/mol. The summed E-state index contributed by atoms with van der Waals surface area (Å²) in [6.07, 6.45) is 2.53. The number of amides is 1. The van der Waals surface area contributed by atoms with Crippen molar-refractivity contribution in [3.8, 4) is 0 Å². The van der Waals surface area contributed by atoms with Crippen molar-refractivity contribution >= 4 is 5.91 Å². The molecule has 0 spiro atoms. The van der Waals surface area contributed by atoms with Crippen LogP contribution in [0, 0.1) is 0 Å². The summed E-state index contributed by atoms with van der Waals surface area (Å²) in [4.78, 5) is 11.3. The molecule has 2 heterocycles. The molecule has 0 radical (unpaired) electrons. The normalized spacial score (nSPS) is 22.1. The van der Waals surface area contributed by atoms with Crippen molar-refractivity contribution in [1.29, 1.82) is 0 Å². The molecule has 1 fully saturated rings. The smallest absolute Gasteiger partial charge is 0.221 e. The summed E-state index contributed by atoms with van der Waals surface area (Å²) in [6.45, 7) is 1.33. The maximum absolute atomic E-state index is 11.3. The van der Waals surface area contributed by atoms with E-state index in [1.54, 1.807) is 0 Å².